The average molecular weight is 190 g/mol. The van der Waals surface area contributed by atoms with Crippen LogP contribution in [-0.4, -0.2) is 5.16 Å². The molecule has 2 aromatic rings. The van der Waals surface area contributed by atoms with Gasteiger partial charge in [-0.3, -0.25) is 4.79 Å². The van der Waals surface area contributed by atoms with Gasteiger partial charge in [0, 0.05) is 6.07 Å². The lowest BCUT2D eigenvalue weighted by molar-refractivity contribution is 0.368. The number of hydrogen-bond donors (Lipinski definition) is 2. The molecule has 0 aliphatic heterocycles. The first kappa shape index (κ1) is 8.77. The molecule has 4 heteroatoms. The predicted molar refractivity (Wildman–Crippen MR) is 51.8 cm³/mol. The Labute approximate surface area is 80.3 Å². The second kappa shape index (κ2) is 3.51. The summed E-state index contributed by atoms with van der Waals surface area (Å²) in [4.78, 5) is 10.8. The number of hydrogen-bond acceptors (Lipinski definition) is 3. The molecule has 0 radical (unpaired) electrons. The molecule has 0 aliphatic rings. The first-order valence-corrected chi connectivity index (χ1v) is 4.26. The molecule has 72 valence electrons. The smallest absolute Gasteiger partial charge is 0.280 e. The SMILES string of the molecule is NC(c1ccccc1)c1cc(=O)[nH]o1. The van der Waals surface area contributed by atoms with Crippen molar-refractivity contribution in [1.82, 2.24) is 5.16 Å². The molecular weight excluding hydrogens is 180 g/mol. The number of H-pyrrole nitrogens is 1. The Morgan fingerprint density at radius 3 is 2.57 bits per heavy atom. The van der Waals surface area contributed by atoms with Crippen molar-refractivity contribution in [3.63, 3.8) is 0 Å². The van der Waals surface area contributed by atoms with Gasteiger partial charge < -0.3 is 10.3 Å². The second-order valence-corrected chi connectivity index (χ2v) is 3.00. The molecule has 2 rings (SSSR count). The van der Waals surface area contributed by atoms with Crippen LogP contribution in [0.2, 0.25) is 0 Å². The first-order valence-electron chi connectivity index (χ1n) is 4.26. The van der Waals surface area contributed by atoms with Gasteiger partial charge in [0.25, 0.3) is 5.56 Å². The normalized spacial score (nSPS) is 12.6. The summed E-state index contributed by atoms with van der Waals surface area (Å²) in [5.41, 5.74) is 6.52. The van der Waals surface area contributed by atoms with Gasteiger partial charge in [-0.05, 0) is 5.56 Å². The van der Waals surface area contributed by atoms with E-state index in [2.05, 4.69) is 5.16 Å². The molecule has 0 aliphatic carbocycles. The predicted octanol–water partition coefficient (Wildman–Crippen LogP) is 1.02. The van der Waals surface area contributed by atoms with Gasteiger partial charge in [0.2, 0.25) is 0 Å². The van der Waals surface area contributed by atoms with Crippen molar-refractivity contribution in [2.75, 3.05) is 0 Å². The summed E-state index contributed by atoms with van der Waals surface area (Å²) in [6.45, 7) is 0. The molecule has 1 heterocycles. The summed E-state index contributed by atoms with van der Waals surface area (Å²) in [5.74, 6) is 0.446. The summed E-state index contributed by atoms with van der Waals surface area (Å²) in [6.07, 6.45) is 0. The van der Waals surface area contributed by atoms with E-state index in [0.717, 1.165) is 5.56 Å². The quantitative estimate of drug-likeness (QED) is 0.742. The Morgan fingerprint density at radius 2 is 2.00 bits per heavy atom. The first-order chi connectivity index (χ1) is 6.77. The summed E-state index contributed by atoms with van der Waals surface area (Å²) < 4.78 is 4.92. The molecule has 4 nitrogen and oxygen atoms in total. The van der Waals surface area contributed by atoms with Gasteiger partial charge in [-0.25, -0.2) is 0 Å². The molecule has 1 aromatic heterocycles. The van der Waals surface area contributed by atoms with E-state index in [-0.39, 0.29) is 5.56 Å². The van der Waals surface area contributed by atoms with Gasteiger partial charge in [-0.15, -0.1) is 0 Å². The lowest BCUT2D eigenvalue weighted by Gasteiger charge is -2.06. The van der Waals surface area contributed by atoms with Gasteiger partial charge in [0.15, 0.2) is 5.76 Å². The van der Waals surface area contributed by atoms with Crippen LogP contribution in [0, 0.1) is 0 Å². The fraction of sp³-hybridized carbons (Fsp3) is 0.100. The van der Waals surface area contributed by atoms with Crippen molar-refractivity contribution in [2.45, 2.75) is 6.04 Å². The van der Waals surface area contributed by atoms with Gasteiger partial charge in [-0.2, -0.15) is 5.16 Å². The van der Waals surface area contributed by atoms with Crippen molar-refractivity contribution >= 4 is 0 Å². The van der Waals surface area contributed by atoms with E-state index in [1.807, 2.05) is 30.3 Å². The average Bonchev–Trinajstić information content (AvgIpc) is 2.65. The highest BCUT2D eigenvalue weighted by molar-refractivity contribution is 5.24. The summed E-state index contributed by atoms with van der Waals surface area (Å²) >= 11 is 0. The lowest BCUT2D eigenvalue weighted by Crippen LogP contribution is -2.10. The zero-order valence-electron chi connectivity index (χ0n) is 7.44. The van der Waals surface area contributed by atoms with Crippen LogP contribution in [0.1, 0.15) is 17.4 Å². The largest absolute Gasteiger partial charge is 0.381 e. The van der Waals surface area contributed by atoms with Crippen LogP contribution in [0.4, 0.5) is 0 Å². The lowest BCUT2D eigenvalue weighted by atomic mass is 10.1. The number of aromatic amines is 1. The zero-order valence-corrected chi connectivity index (χ0v) is 7.44. The van der Waals surface area contributed by atoms with Gasteiger partial charge in [0.1, 0.15) is 0 Å². The van der Waals surface area contributed by atoms with Crippen LogP contribution >= 0.6 is 0 Å². The molecule has 0 bridgehead atoms. The summed E-state index contributed by atoms with van der Waals surface area (Å²) in [6, 6.07) is 10.4. The maximum Gasteiger partial charge on any atom is 0.280 e. The number of benzene rings is 1. The highest BCUT2D eigenvalue weighted by atomic mass is 16.5. The Balaban J connectivity index is 2.33. The molecule has 0 amide bonds. The van der Waals surface area contributed by atoms with Crippen LogP contribution in [0.25, 0.3) is 0 Å². The fourth-order valence-corrected chi connectivity index (χ4v) is 1.28. The molecule has 3 N–H and O–H groups in total. The van der Waals surface area contributed by atoms with Crippen molar-refractivity contribution in [2.24, 2.45) is 5.73 Å². The molecule has 0 fully saturated rings. The Kier molecular flexibility index (Phi) is 2.20. The third kappa shape index (κ3) is 1.60. The van der Waals surface area contributed by atoms with E-state index in [1.54, 1.807) is 0 Å². The van der Waals surface area contributed by atoms with E-state index in [1.165, 1.54) is 6.07 Å². The van der Waals surface area contributed by atoms with Gasteiger partial charge >= 0.3 is 0 Å². The van der Waals surface area contributed by atoms with E-state index < -0.39 is 6.04 Å². The maximum atomic E-state index is 10.8. The molecule has 0 spiro atoms. The van der Waals surface area contributed by atoms with Crippen molar-refractivity contribution in [1.29, 1.82) is 0 Å². The third-order valence-electron chi connectivity index (χ3n) is 2.01. The van der Waals surface area contributed by atoms with Crippen molar-refractivity contribution in [3.05, 3.63) is 58.1 Å². The number of rotatable bonds is 2. The highest BCUT2D eigenvalue weighted by Gasteiger charge is 2.12. The monoisotopic (exact) mass is 190 g/mol. The van der Waals surface area contributed by atoms with Crippen LogP contribution in [0.15, 0.2) is 45.7 Å². The molecule has 1 aromatic carbocycles. The molecule has 0 saturated carbocycles. The van der Waals surface area contributed by atoms with Gasteiger partial charge in [-0.1, -0.05) is 30.3 Å². The molecule has 0 saturated heterocycles. The fourth-order valence-electron chi connectivity index (χ4n) is 1.28. The second-order valence-electron chi connectivity index (χ2n) is 3.00. The highest BCUT2D eigenvalue weighted by Crippen LogP contribution is 2.16. The van der Waals surface area contributed by atoms with E-state index in [0.29, 0.717) is 5.76 Å². The van der Waals surface area contributed by atoms with Crippen LogP contribution < -0.4 is 11.3 Å². The van der Waals surface area contributed by atoms with Crippen LogP contribution in [0.3, 0.4) is 0 Å². The number of aromatic nitrogens is 1. The van der Waals surface area contributed by atoms with Gasteiger partial charge in [0.05, 0.1) is 6.04 Å². The number of nitrogens with one attached hydrogen (secondary N) is 1. The minimum Gasteiger partial charge on any atom is -0.381 e. The number of nitrogens with two attached hydrogens (primary N) is 1. The molecule has 1 unspecified atom stereocenters. The van der Waals surface area contributed by atoms with Crippen LogP contribution in [-0.2, 0) is 0 Å². The van der Waals surface area contributed by atoms with E-state index in [9.17, 15) is 4.79 Å². The van der Waals surface area contributed by atoms with Crippen LogP contribution in [0.5, 0.6) is 0 Å². The van der Waals surface area contributed by atoms with E-state index >= 15 is 0 Å². The summed E-state index contributed by atoms with van der Waals surface area (Å²) in [7, 11) is 0. The van der Waals surface area contributed by atoms with E-state index in [4.69, 9.17) is 10.3 Å². The summed E-state index contributed by atoms with van der Waals surface area (Å²) in [5, 5.41) is 2.21. The third-order valence-corrected chi connectivity index (χ3v) is 2.01. The standard InChI is InChI=1S/C10H10N2O2/c11-10(7-4-2-1-3-5-7)8-6-9(13)12-14-8/h1-6,10H,11H2,(H,12,13). The zero-order chi connectivity index (χ0) is 9.97. The topological polar surface area (TPSA) is 72.0 Å². The molecular formula is C10H10N2O2. The Morgan fingerprint density at radius 1 is 1.29 bits per heavy atom. The maximum absolute atomic E-state index is 10.8. The minimum absolute atomic E-state index is 0.272. The Hall–Kier alpha value is -1.81. The Bertz CT molecular complexity index is 458. The molecule has 1 atom stereocenters. The van der Waals surface area contributed by atoms with Crippen molar-refractivity contribution in [3.8, 4) is 0 Å². The van der Waals surface area contributed by atoms with Crippen molar-refractivity contribution < 1.29 is 4.52 Å². The molecule has 14 heavy (non-hydrogen) atoms. The minimum atomic E-state index is -0.393.